The summed E-state index contributed by atoms with van der Waals surface area (Å²) in [5, 5.41) is 0. The summed E-state index contributed by atoms with van der Waals surface area (Å²) in [4.78, 5) is 0. The standard InChI is InChI=1S/C25H41N2/c1-3-5-6-7-8-9-10-11-12-13-14-18-21-26-22-23-27(25(26)4-2)24-19-16-15-17-20-24/h15-17,19-20,22-23H,3-14,18,21H2,1-2H3/q+1. The number of rotatable bonds is 15. The van der Waals surface area contributed by atoms with Gasteiger partial charge in [-0.3, -0.25) is 0 Å². The van der Waals surface area contributed by atoms with Crippen LogP contribution in [0.5, 0.6) is 0 Å². The van der Waals surface area contributed by atoms with Crippen LogP contribution in [-0.4, -0.2) is 4.57 Å². The monoisotopic (exact) mass is 369 g/mol. The largest absolute Gasteiger partial charge is 0.261 e. The summed E-state index contributed by atoms with van der Waals surface area (Å²) in [6.07, 6.45) is 22.5. The summed E-state index contributed by atoms with van der Waals surface area (Å²) in [5.41, 5.74) is 1.27. The number of hydrogen-bond acceptors (Lipinski definition) is 0. The molecule has 0 aliphatic carbocycles. The molecule has 0 saturated heterocycles. The Balaban J connectivity index is 1.58. The molecule has 2 nitrogen and oxygen atoms in total. The van der Waals surface area contributed by atoms with E-state index in [0.717, 1.165) is 13.0 Å². The topological polar surface area (TPSA) is 8.81 Å². The molecule has 2 rings (SSSR count). The van der Waals surface area contributed by atoms with Gasteiger partial charge >= 0.3 is 0 Å². The minimum Gasteiger partial charge on any atom is -0.234 e. The molecule has 1 heterocycles. The molecule has 1 aromatic heterocycles. The second-order valence-electron chi connectivity index (χ2n) is 7.86. The van der Waals surface area contributed by atoms with Crippen molar-refractivity contribution < 1.29 is 4.57 Å². The number of aromatic nitrogens is 2. The van der Waals surface area contributed by atoms with Crippen LogP contribution in [0.1, 0.15) is 96.7 Å². The fourth-order valence-corrected chi connectivity index (χ4v) is 3.98. The first-order valence-corrected chi connectivity index (χ1v) is 11.5. The van der Waals surface area contributed by atoms with Gasteiger partial charge in [0.1, 0.15) is 18.1 Å². The Bertz CT molecular complexity index is 600. The van der Waals surface area contributed by atoms with Gasteiger partial charge in [0.25, 0.3) is 5.82 Å². The lowest BCUT2D eigenvalue weighted by Gasteiger charge is -2.04. The van der Waals surface area contributed by atoms with E-state index in [1.54, 1.807) is 0 Å². The van der Waals surface area contributed by atoms with E-state index in [4.69, 9.17) is 0 Å². The van der Waals surface area contributed by atoms with Gasteiger partial charge in [-0.2, -0.15) is 4.57 Å². The molecule has 0 aliphatic rings. The van der Waals surface area contributed by atoms with Crippen molar-refractivity contribution in [2.75, 3.05) is 0 Å². The van der Waals surface area contributed by atoms with E-state index in [9.17, 15) is 0 Å². The number of hydrogen-bond donors (Lipinski definition) is 0. The van der Waals surface area contributed by atoms with Gasteiger partial charge in [0, 0.05) is 6.42 Å². The van der Waals surface area contributed by atoms with Gasteiger partial charge in [-0.05, 0) is 25.0 Å². The van der Waals surface area contributed by atoms with Crippen LogP contribution in [0.2, 0.25) is 0 Å². The second-order valence-corrected chi connectivity index (χ2v) is 7.86. The van der Waals surface area contributed by atoms with Crippen molar-refractivity contribution in [2.24, 2.45) is 0 Å². The zero-order valence-corrected chi connectivity index (χ0v) is 17.8. The normalized spacial score (nSPS) is 11.2. The summed E-state index contributed by atoms with van der Waals surface area (Å²) < 4.78 is 4.78. The lowest BCUT2D eigenvalue weighted by molar-refractivity contribution is -0.703. The molecular weight excluding hydrogens is 328 g/mol. The molecule has 150 valence electrons. The lowest BCUT2D eigenvalue weighted by Crippen LogP contribution is -2.36. The SMILES string of the molecule is CCCCCCCCCCCCCC[n+]1ccn(-c2ccccc2)c1CC. The van der Waals surface area contributed by atoms with Crippen molar-refractivity contribution in [1.82, 2.24) is 4.57 Å². The molecule has 2 heteroatoms. The summed E-state index contributed by atoms with van der Waals surface area (Å²) in [6.45, 7) is 5.70. The van der Waals surface area contributed by atoms with E-state index >= 15 is 0 Å². The minimum atomic E-state index is 1.07. The highest BCUT2D eigenvalue weighted by Gasteiger charge is 2.16. The van der Waals surface area contributed by atoms with Crippen LogP contribution >= 0.6 is 0 Å². The third-order valence-corrected chi connectivity index (χ3v) is 5.61. The first kappa shape index (κ1) is 21.7. The Morgan fingerprint density at radius 2 is 1.26 bits per heavy atom. The van der Waals surface area contributed by atoms with Gasteiger partial charge in [0.15, 0.2) is 0 Å². The molecule has 0 unspecified atom stereocenters. The predicted molar refractivity (Wildman–Crippen MR) is 116 cm³/mol. The molecule has 1 aromatic carbocycles. The average Bonchev–Trinajstić information content (AvgIpc) is 3.12. The predicted octanol–water partition coefficient (Wildman–Crippen LogP) is 7.03. The molecule has 0 amide bonds. The van der Waals surface area contributed by atoms with Gasteiger partial charge in [0.05, 0.1) is 6.54 Å². The molecule has 0 N–H and O–H groups in total. The molecule has 0 saturated carbocycles. The van der Waals surface area contributed by atoms with Crippen LogP contribution < -0.4 is 4.57 Å². The highest BCUT2D eigenvalue weighted by Crippen LogP contribution is 2.13. The van der Waals surface area contributed by atoms with E-state index < -0.39 is 0 Å². The maximum atomic E-state index is 2.45. The molecule has 2 aromatic rings. The Morgan fingerprint density at radius 1 is 0.704 bits per heavy atom. The second kappa shape index (κ2) is 13.6. The number of nitrogens with zero attached hydrogens (tertiary/aromatic N) is 2. The maximum absolute atomic E-state index is 2.45. The van der Waals surface area contributed by atoms with Crippen molar-refractivity contribution in [2.45, 2.75) is 104 Å². The van der Waals surface area contributed by atoms with Crippen LogP contribution in [0.4, 0.5) is 0 Å². The van der Waals surface area contributed by atoms with E-state index in [2.05, 4.69) is 65.7 Å². The Kier molecular flexibility index (Phi) is 10.9. The van der Waals surface area contributed by atoms with Crippen LogP contribution in [0.3, 0.4) is 0 Å². The van der Waals surface area contributed by atoms with Crippen LogP contribution in [0.15, 0.2) is 42.7 Å². The van der Waals surface area contributed by atoms with E-state index in [1.165, 1.54) is 88.6 Å². The maximum Gasteiger partial charge on any atom is 0.261 e. The van der Waals surface area contributed by atoms with Gasteiger partial charge in [-0.1, -0.05) is 96.3 Å². The van der Waals surface area contributed by atoms with Crippen molar-refractivity contribution in [3.63, 3.8) is 0 Å². The third kappa shape index (κ3) is 7.91. The molecule has 0 aliphatic heterocycles. The molecular formula is C25H41N2+. The van der Waals surface area contributed by atoms with Crippen molar-refractivity contribution in [3.8, 4) is 5.69 Å². The van der Waals surface area contributed by atoms with E-state index in [0.29, 0.717) is 0 Å². The first-order chi connectivity index (χ1) is 13.4. The fraction of sp³-hybridized carbons (Fsp3) is 0.640. The van der Waals surface area contributed by atoms with Crippen molar-refractivity contribution in [1.29, 1.82) is 0 Å². The van der Waals surface area contributed by atoms with Crippen LogP contribution in [0.25, 0.3) is 5.69 Å². The number of aryl methyl sites for hydroxylation is 1. The summed E-state index contributed by atoms with van der Waals surface area (Å²) in [7, 11) is 0. The van der Waals surface area contributed by atoms with Gasteiger partial charge in [-0.25, -0.2) is 4.57 Å². The van der Waals surface area contributed by atoms with Crippen LogP contribution in [0, 0.1) is 0 Å². The zero-order chi connectivity index (χ0) is 19.2. The number of imidazole rings is 1. The van der Waals surface area contributed by atoms with Crippen molar-refractivity contribution >= 4 is 0 Å². The molecule has 0 spiro atoms. The van der Waals surface area contributed by atoms with Gasteiger partial charge in [0.2, 0.25) is 0 Å². The quantitative estimate of drug-likeness (QED) is 0.235. The molecule has 0 radical (unpaired) electrons. The molecule has 0 atom stereocenters. The van der Waals surface area contributed by atoms with E-state index in [1.807, 2.05) is 0 Å². The number of para-hydroxylation sites is 1. The smallest absolute Gasteiger partial charge is 0.234 e. The zero-order valence-electron chi connectivity index (χ0n) is 17.8. The Labute approximate surface area is 167 Å². The average molecular weight is 370 g/mol. The molecule has 27 heavy (non-hydrogen) atoms. The van der Waals surface area contributed by atoms with Crippen molar-refractivity contribution in [3.05, 3.63) is 48.5 Å². The summed E-state index contributed by atoms with van der Waals surface area (Å²) in [6, 6.07) is 10.7. The van der Waals surface area contributed by atoms with Gasteiger partial charge < -0.3 is 0 Å². The highest BCUT2D eigenvalue weighted by molar-refractivity contribution is 5.31. The highest BCUT2D eigenvalue weighted by atomic mass is 15.1. The van der Waals surface area contributed by atoms with Crippen LogP contribution in [-0.2, 0) is 13.0 Å². The van der Waals surface area contributed by atoms with Gasteiger partial charge in [-0.15, -0.1) is 0 Å². The summed E-state index contributed by atoms with van der Waals surface area (Å²) in [5.74, 6) is 1.41. The Morgan fingerprint density at radius 3 is 1.81 bits per heavy atom. The molecule has 0 bridgehead atoms. The lowest BCUT2D eigenvalue weighted by atomic mass is 10.1. The molecule has 0 fully saturated rings. The first-order valence-electron chi connectivity index (χ1n) is 11.5. The third-order valence-electron chi connectivity index (χ3n) is 5.61. The number of unbranched alkanes of at least 4 members (excludes halogenated alkanes) is 11. The van der Waals surface area contributed by atoms with E-state index in [-0.39, 0.29) is 0 Å². The fourth-order valence-electron chi connectivity index (χ4n) is 3.98. The Hall–Kier alpha value is -1.57. The summed E-state index contributed by atoms with van der Waals surface area (Å²) >= 11 is 0. The minimum absolute atomic E-state index is 1.07. The number of benzene rings is 1.